The van der Waals surface area contributed by atoms with Crippen molar-refractivity contribution in [1.82, 2.24) is 0 Å². The average Bonchev–Trinajstić information content (AvgIpc) is 2.84. The Morgan fingerprint density at radius 1 is 1.19 bits per heavy atom. The van der Waals surface area contributed by atoms with E-state index in [0.29, 0.717) is 5.41 Å². The van der Waals surface area contributed by atoms with Crippen LogP contribution in [0.25, 0.3) is 0 Å². The molecular weight excluding hydrogens is 332 g/mol. The zero-order valence-electron chi connectivity index (χ0n) is 10.3. The van der Waals surface area contributed by atoms with E-state index in [-0.39, 0.29) is 0 Å². The molecule has 1 aliphatic carbocycles. The van der Waals surface area contributed by atoms with Crippen LogP contribution >= 0.6 is 31.9 Å². The zero-order valence-corrected chi connectivity index (χ0v) is 13.5. The summed E-state index contributed by atoms with van der Waals surface area (Å²) in [4.78, 5) is 0. The van der Waals surface area contributed by atoms with E-state index in [4.69, 9.17) is 4.74 Å². The highest BCUT2D eigenvalue weighted by Crippen LogP contribution is 2.45. The van der Waals surface area contributed by atoms with Crippen molar-refractivity contribution in [1.29, 1.82) is 0 Å². The molecule has 0 aromatic rings. The van der Waals surface area contributed by atoms with Gasteiger partial charge in [-0.3, -0.25) is 0 Å². The lowest BCUT2D eigenvalue weighted by Gasteiger charge is -2.36. The van der Waals surface area contributed by atoms with Gasteiger partial charge in [0.25, 0.3) is 0 Å². The summed E-state index contributed by atoms with van der Waals surface area (Å²) in [6.07, 6.45) is 8.18. The largest absolute Gasteiger partial charge is 0.382 e. The molecule has 1 saturated carbocycles. The molecule has 3 heteroatoms. The molecule has 0 aliphatic heterocycles. The highest BCUT2D eigenvalue weighted by molar-refractivity contribution is 9.09. The Bertz CT molecular complexity index is 175. The van der Waals surface area contributed by atoms with Gasteiger partial charge in [0.1, 0.15) is 0 Å². The van der Waals surface area contributed by atoms with E-state index in [1.54, 1.807) is 0 Å². The topological polar surface area (TPSA) is 9.23 Å². The van der Waals surface area contributed by atoms with Crippen molar-refractivity contribution in [3.63, 3.8) is 0 Å². The van der Waals surface area contributed by atoms with Crippen molar-refractivity contribution in [2.45, 2.75) is 45.4 Å². The average molecular weight is 356 g/mol. The van der Waals surface area contributed by atoms with Gasteiger partial charge in [-0.05, 0) is 43.9 Å². The van der Waals surface area contributed by atoms with Gasteiger partial charge in [-0.1, -0.05) is 44.7 Å². The number of halogens is 2. The van der Waals surface area contributed by atoms with Crippen LogP contribution in [0.1, 0.15) is 45.4 Å². The molecule has 1 rings (SSSR count). The normalized spacial score (nSPS) is 18.2. The molecule has 1 fully saturated rings. The molecule has 0 spiro atoms. The van der Waals surface area contributed by atoms with Crippen molar-refractivity contribution in [3.05, 3.63) is 0 Å². The molecule has 1 nitrogen and oxygen atoms in total. The van der Waals surface area contributed by atoms with Gasteiger partial charge < -0.3 is 4.74 Å². The van der Waals surface area contributed by atoms with Crippen molar-refractivity contribution >= 4 is 31.9 Å². The van der Waals surface area contributed by atoms with Crippen LogP contribution in [0.3, 0.4) is 0 Å². The summed E-state index contributed by atoms with van der Waals surface area (Å²) < 4.78 is 5.45. The summed E-state index contributed by atoms with van der Waals surface area (Å²) in [6.45, 7) is 3.84. The molecule has 0 saturated heterocycles. The lowest BCUT2D eigenvalue weighted by atomic mass is 9.74. The zero-order chi connectivity index (χ0) is 11.9. The van der Waals surface area contributed by atoms with Crippen LogP contribution in [0.4, 0.5) is 0 Å². The highest BCUT2D eigenvalue weighted by Gasteiger charge is 2.37. The molecule has 96 valence electrons. The first-order valence-corrected chi connectivity index (χ1v) is 8.73. The third-order valence-electron chi connectivity index (χ3n) is 3.92. The highest BCUT2D eigenvalue weighted by atomic mass is 79.9. The number of ether oxygens (including phenoxy) is 1. The Balaban J connectivity index is 2.43. The molecule has 0 bridgehead atoms. The maximum atomic E-state index is 5.45. The number of rotatable bonds is 8. The minimum atomic E-state index is 0.466. The fraction of sp³-hybridized carbons (Fsp3) is 1.00. The van der Waals surface area contributed by atoms with E-state index in [1.165, 1.54) is 38.5 Å². The molecule has 1 aliphatic rings. The summed E-state index contributed by atoms with van der Waals surface area (Å²) in [5.41, 5.74) is 0.466. The maximum Gasteiger partial charge on any atom is 0.0466 e. The summed E-state index contributed by atoms with van der Waals surface area (Å²) in [7, 11) is 0. The molecule has 16 heavy (non-hydrogen) atoms. The molecule has 0 atom stereocenters. The Kier molecular flexibility index (Phi) is 7.58. The van der Waals surface area contributed by atoms with Crippen LogP contribution in [0.2, 0.25) is 0 Å². The first-order chi connectivity index (χ1) is 7.79. The molecule has 0 unspecified atom stereocenters. The van der Waals surface area contributed by atoms with Gasteiger partial charge in [-0.25, -0.2) is 0 Å². The van der Waals surface area contributed by atoms with E-state index in [0.717, 1.165) is 29.8 Å². The molecule has 0 amide bonds. The lowest BCUT2D eigenvalue weighted by Crippen LogP contribution is -2.33. The second kappa shape index (κ2) is 8.10. The van der Waals surface area contributed by atoms with Gasteiger partial charge in [0, 0.05) is 23.9 Å². The SMILES string of the molecule is CCOCCCC(CBr)(CBr)C1CCCC1. The van der Waals surface area contributed by atoms with Crippen LogP contribution in [0, 0.1) is 11.3 Å². The Hall–Kier alpha value is 0.920. The minimum Gasteiger partial charge on any atom is -0.382 e. The Morgan fingerprint density at radius 3 is 2.31 bits per heavy atom. The Labute approximate surface area is 117 Å². The van der Waals surface area contributed by atoms with Crippen molar-refractivity contribution in [2.75, 3.05) is 23.9 Å². The van der Waals surface area contributed by atoms with E-state index >= 15 is 0 Å². The van der Waals surface area contributed by atoms with Crippen LogP contribution < -0.4 is 0 Å². The van der Waals surface area contributed by atoms with Crippen LogP contribution in [-0.2, 0) is 4.74 Å². The third-order valence-corrected chi connectivity index (χ3v) is 6.15. The van der Waals surface area contributed by atoms with Crippen LogP contribution in [-0.4, -0.2) is 23.9 Å². The van der Waals surface area contributed by atoms with E-state index in [1.807, 2.05) is 0 Å². The third kappa shape index (κ3) is 3.99. The fourth-order valence-electron chi connectivity index (χ4n) is 2.80. The summed E-state index contributed by atoms with van der Waals surface area (Å²) in [5, 5.41) is 2.25. The number of hydrogen-bond acceptors (Lipinski definition) is 1. The maximum absolute atomic E-state index is 5.45. The predicted octanol–water partition coefficient (Wildman–Crippen LogP) is 4.77. The second-order valence-electron chi connectivity index (χ2n) is 4.91. The van der Waals surface area contributed by atoms with Crippen molar-refractivity contribution < 1.29 is 4.74 Å². The summed E-state index contributed by atoms with van der Waals surface area (Å²) in [6, 6.07) is 0. The first-order valence-electron chi connectivity index (χ1n) is 6.48. The van der Waals surface area contributed by atoms with Gasteiger partial charge in [-0.15, -0.1) is 0 Å². The quantitative estimate of drug-likeness (QED) is 0.450. The van der Waals surface area contributed by atoms with Gasteiger partial charge in [0.2, 0.25) is 0 Å². The van der Waals surface area contributed by atoms with Crippen molar-refractivity contribution in [2.24, 2.45) is 11.3 Å². The standard InChI is InChI=1S/C13H24Br2O/c1-2-16-9-5-8-13(10-14,11-15)12-6-3-4-7-12/h12H,2-11H2,1H3. The molecule has 0 aromatic carbocycles. The monoisotopic (exact) mass is 354 g/mol. The van der Waals surface area contributed by atoms with Crippen LogP contribution in [0.5, 0.6) is 0 Å². The lowest BCUT2D eigenvalue weighted by molar-refractivity contribution is 0.122. The minimum absolute atomic E-state index is 0.466. The van der Waals surface area contributed by atoms with E-state index < -0.39 is 0 Å². The Morgan fingerprint density at radius 2 is 1.81 bits per heavy atom. The van der Waals surface area contributed by atoms with E-state index in [9.17, 15) is 0 Å². The molecule has 0 heterocycles. The van der Waals surface area contributed by atoms with Crippen molar-refractivity contribution in [3.8, 4) is 0 Å². The molecule has 0 aromatic heterocycles. The number of alkyl halides is 2. The van der Waals surface area contributed by atoms with Gasteiger partial charge in [0.15, 0.2) is 0 Å². The predicted molar refractivity (Wildman–Crippen MR) is 77.7 cm³/mol. The molecule has 0 N–H and O–H groups in total. The smallest absolute Gasteiger partial charge is 0.0466 e. The molecule has 0 radical (unpaired) electrons. The summed E-state index contributed by atoms with van der Waals surface area (Å²) in [5.74, 6) is 0.910. The second-order valence-corrected chi connectivity index (χ2v) is 6.03. The summed E-state index contributed by atoms with van der Waals surface area (Å²) >= 11 is 7.48. The van der Waals surface area contributed by atoms with E-state index in [2.05, 4.69) is 38.8 Å². The first kappa shape index (κ1) is 15.0. The van der Waals surface area contributed by atoms with Gasteiger partial charge in [-0.2, -0.15) is 0 Å². The fourth-order valence-corrected chi connectivity index (χ4v) is 5.21. The van der Waals surface area contributed by atoms with Gasteiger partial charge >= 0.3 is 0 Å². The van der Waals surface area contributed by atoms with Gasteiger partial charge in [0.05, 0.1) is 0 Å². The van der Waals surface area contributed by atoms with Crippen LogP contribution in [0.15, 0.2) is 0 Å². The molecular formula is C13H24Br2O. The number of hydrogen-bond donors (Lipinski definition) is 0.